The number of ether oxygens (including phenoxy) is 2. The molecule has 2 rings (SSSR count). The number of guanidine groups is 1. The summed E-state index contributed by atoms with van der Waals surface area (Å²) < 4.78 is 10.9. The van der Waals surface area contributed by atoms with Gasteiger partial charge >= 0.3 is 0 Å². The summed E-state index contributed by atoms with van der Waals surface area (Å²) in [4.78, 5) is 16.3. The zero-order valence-electron chi connectivity index (χ0n) is 16.6. The summed E-state index contributed by atoms with van der Waals surface area (Å²) in [5, 5.41) is 9.55. The number of methoxy groups -OCH3 is 1. The number of carbonyl (C=O) groups excluding carboxylic acids is 1. The maximum atomic E-state index is 12.1. The molecule has 0 spiro atoms. The number of hydrogen-bond acceptors (Lipinski definition) is 4. The second-order valence-electron chi connectivity index (χ2n) is 5.66. The second kappa shape index (κ2) is 13.1. The minimum atomic E-state index is -0.216. The van der Waals surface area contributed by atoms with Crippen molar-refractivity contribution >= 4 is 53.1 Å². The SMILES string of the molecule is CCOc1ccc(NC(=NC)NCCNC(=O)c2ccccc2Cl)cc1OC.I. The van der Waals surface area contributed by atoms with Crippen LogP contribution in [-0.4, -0.2) is 45.7 Å². The molecule has 0 heterocycles. The number of amides is 1. The Morgan fingerprint density at radius 3 is 2.48 bits per heavy atom. The predicted molar refractivity (Wildman–Crippen MR) is 128 cm³/mol. The van der Waals surface area contributed by atoms with Gasteiger partial charge in [-0.3, -0.25) is 9.79 Å². The number of hydrogen-bond donors (Lipinski definition) is 3. The molecule has 3 N–H and O–H groups in total. The fraction of sp³-hybridized carbons (Fsp3) is 0.300. The van der Waals surface area contributed by atoms with E-state index in [1.165, 1.54) is 0 Å². The van der Waals surface area contributed by atoms with E-state index in [2.05, 4.69) is 20.9 Å². The van der Waals surface area contributed by atoms with Crippen molar-refractivity contribution < 1.29 is 14.3 Å². The number of benzene rings is 2. The first-order chi connectivity index (χ1) is 13.6. The molecule has 0 aromatic heterocycles. The van der Waals surface area contributed by atoms with Crippen LogP contribution < -0.4 is 25.4 Å². The molecular formula is C20H26ClIN4O3. The quantitative estimate of drug-likeness (QED) is 0.209. The zero-order valence-corrected chi connectivity index (χ0v) is 19.7. The van der Waals surface area contributed by atoms with Gasteiger partial charge in [-0.05, 0) is 31.2 Å². The van der Waals surface area contributed by atoms with Crippen molar-refractivity contribution in [1.82, 2.24) is 10.6 Å². The van der Waals surface area contributed by atoms with Gasteiger partial charge in [-0.15, -0.1) is 24.0 Å². The summed E-state index contributed by atoms with van der Waals surface area (Å²) in [5.74, 6) is 1.67. The number of rotatable bonds is 8. The number of aliphatic imine (C=N–C) groups is 1. The Morgan fingerprint density at radius 2 is 1.83 bits per heavy atom. The third-order valence-electron chi connectivity index (χ3n) is 3.77. The summed E-state index contributed by atoms with van der Waals surface area (Å²) in [7, 11) is 3.26. The van der Waals surface area contributed by atoms with Crippen LogP contribution in [0.3, 0.4) is 0 Å². The molecule has 29 heavy (non-hydrogen) atoms. The maximum Gasteiger partial charge on any atom is 0.252 e. The van der Waals surface area contributed by atoms with Gasteiger partial charge in [0, 0.05) is 31.9 Å². The average molecular weight is 533 g/mol. The molecule has 1 amide bonds. The van der Waals surface area contributed by atoms with Crippen molar-refractivity contribution in [3.8, 4) is 11.5 Å². The van der Waals surface area contributed by atoms with Crippen LogP contribution in [0.1, 0.15) is 17.3 Å². The first-order valence-electron chi connectivity index (χ1n) is 8.90. The largest absolute Gasteiger partial charge is 0.493 e. The molecule has 0 bridgehead atoms. The molecule has 0 aliphatic rings. The first-order valence-corrected chi connectivity index (χ1v) is 9.28. The lowest BCUT2D eigenvalue weighted by Crippen LogP contribution is -2.37. The van der Waals surface area contributed by atoms with E-state index in [9.17, 15) is 4.79 Å². The highest BCUT2D eigenvalue weighted by molar-refractivity contribution is 14.0. The Morgan fingerprint density at radius 1 is 1.10 bits per heavy atom. The smallest absolute Gasteiger partial charge is 0.252 e. The van der Waals surface area contributed by atoms with Crippen molar-refractivity contribution in [1.29, 1.82) is 0 Å². The van der Waals surface area contributed by atoms with Crippen LogP contribution in [0.5, 0.6) is 11.5 Å². The fourth-order valence-corrected chi connectivity index (χ4v) is 2.66. The first kappa shape index (κ1) is 24.8. The highest BCUT2D eigenvalue weighted by atomic mass is 127. The van der Waals surface area contributed by atoms with Crippen LogP contribution in [0.2, 0.25) is 5.02 Å². The van der Waals surface area contributed by atoms with Gasteiger partial charge in [-0.1, -0.05) is 23.7 Å². The lowest BCUT2D eigenvalue weighted by molar-refractivity contribution is 0.0954. The number of nitrogens with one attached hydrogen (secondary N) is 3. The van der Waals surface area contributed by atoms with Crippen molar-refractivity contribution in [2.75, 3.05) is 39.2 Å². The highest BCUT2D eigenvalue weighted by Crippen LogP contribution is 2.30. The molecule has 0 unspecified atom stereocenters. The second-order valence-corrected chi connectivity index (χ2v) is 6.07. The lowest BCUT2D eigenvalue weighted by Gasteiger charge is -2.15. The van der Waals surface area contributed by atoms with Crippen LogP contribution in [0.15, 0.2) is 47.5 Å². The molecule has 9 heteroatoms. The standard InChI is InChI=1S/C20H25ClN4O3.HI/c1-4-28-17-10-9-14(13-18(17)27-3)25-20(22-2)24-12-11-23-19(26)15-7-5-6-8-16(15)21;/h5-10,13H,4,11-12H2,1-3H3,(H,23,26)(H2,22,24,25);1H. The van der Waals surface area contributed by atoms with Crippen LogP contribution in [0.25, 0.3) is 0 Å². The molecule has 0 fully saturated rings. The molecule has 0 saturated carbocycles. The van der Waals surface area contributed by atoms with Gasteiger partial charge in [0.05, 0.1) is 24.3 Å². The monoisotopic (exact) mass is 532 g/mol. The highest BCUT2D eigenvalue weighted by Gasteiger charge is 2.09. The van der Waals surface area contributed by atoms with E-state index in [-0.39, 0.29) is 29.9 Å². The Labute approximate surface area is 193 Å². The van der Waals surface area contributed by atoms with Crippen molar-refractivity contribution in [2.24, 2.45) is 4.99 Å². The van der Waals surface area contributed by atoms with Crippen LogP contribution in [0, 0.1) is 0 Å². The number of anilines is 1. The Balaban J connectivity index is 0.00000420. The average Bonchev–Trinajstić information content (AvgIpc) is 2.71. The molecule has 0 aliphatic carbocycles. The van der Waals surface area contributed by atoms with E-state index in [1.54, 1.807) is 38.4 Å². The molecule has 0 atom stereocenters. The van der Waals surface area contributed by atoms with E-state index in [0.717, 1.165) is 5.69 Å². The lowest BCUT2D eigenvalue weighted by atomic mass is 10.2. The van der Waals surface area contributed by atoms with Gasteiger partial charge in [0.25, 0.3) is 5.91 Å². The molecule has 0 aliphatic heterocycles. The summed E-state index contributed by atoms with van der Waals surface area (Å²) in [6.45, 7) is 3.38. The molecule has 2 aromatic rings. The molecule has 2 aromatic carbocycles. The van der Waals surface area contributed by atoms with E-state index in [0.29, 0.717) is 47.7 Å². The minimum Gasteiger partial charge on any atom is -0.493 e. The molecule has 158 valence electrons. The molecule has 0 saturated heterocycles. The van der Waals surface area contributed by atoms with Gasteiger partial charge in [-0.25, -0.2) is 0 Å². The third-order valence-corrected chi connectivity index (χ3v) is 4.10. The van der Waals surface area contributed by atoms with E-state index in [4.69, 9.17) is 21.1 Å². The van der Waals surface area contributed by atoms with E-state index < -0.39 is 0 Å². The van der Waals surface area contributed by atoms with Crippen LogP contribution in [0.4, 0.5) is 5.69 Å². The van der Waals surface area contributed by atoms with Gasteiger partial charge < -0.3 is 25.4 Å². The number of halogens is 2. The Bertz CT molecular complexity index is 833. The van der Waals surface area contributed by atoms with Crippen molar-refractivity contribution in [3.63, 3.8) is 0 Å². The summed E-state index contributed by atoms with van der Waals surface area (Å²) >= 11 is 6.03. The normalized spacial score (nSPS) is 10.6. The van der Waals surface area contributed by atoms with E-state index in [1.807, 2.05) is 25.1 Å². The third kappa shape index (κ3) is 7.62. The topological polar surface area (TPSA) is 84.0 Å². The van der Waals surface area contributed by atoms with Gasteiger partial charge in [0.15, 0.2) is 17.5 Å². The Kier molecular flexibility index (Phi) is 11.2. The molecule has 7 nitrogen and oxygen atoms in total. The Hall–Kier alpha value is -2.20. The van der Waals surface area contributed by atoms with Gasteiger partial charge in [0.1, 0.15) is 0 Å². The van der Waals surface area contributed by atoms with Crippen LogP contribution >= 0.6 is 35.6 Å². The summed E-state index contributed by atoms with van der Waals surface area (Å²) in [6.07, 6.45) is 0. The number of carbonyl (C=O) groups is 1. The molecular weight excluding hydrogens is 507 g/mol. The van der Waals surface area contributed by atoms with Gasteiger partial charge in [0.2, 0.25) is 0 Å². The maximum absolute atomic E-state index is 12.1. The van der Waals surface area contributed by atoms with E-state index >= 15 is 0 Å². The van der Waals surface area contributed by atoms with Gasteiger partial charge in [-0.2, -0.15) is 0 Å². The summed E-state index contributed by atoms with van der Waals surface area (Å²) in [6, 6.07) is 12.5. The predicted octanol–water partition coefficient (Wildman–Crippen LogP) is 3.78. The fourth-order valence-electron chi connectivity index (χ4n) is 2.43. The molecule has 0 radical (unpaired) electrons. The zero-order chi connectivity index (χ0) is 20.4. The van der Waals surface area contributed by atoms with Crippen molar-refractivity contribution in [2.45, 2.75) is 6.92 Å². The summed E-state index contributed by atoms with van der Waals surface area (Å²) in [5.41, 5.74) is 1.25. The van der Waals surface area contributed by atoms with Crippen molar-refractivity contribution in [3.05, 3.63) is 53.1 Å². The number of nitrogens with zero attached hydrogens (tertiary/aromatic N) is 1. The minimum absolute atomic E-state index is 0. The van der Waals surface area contributed by atoms with Crippen LogP contribution in [-0.2, 0) is 0 Å².